The van der Waals surface area contributed by atoms with Gasteiger partial charge in [0.05, 0.1) is 36.8 Å². The van der Waals surface area contributed by atoms with Crippen LogP contribution in [0.25, 0.3) is 0 Å². The topological polar surface area (TPSA) is 62.2 Å². The van der Waals surface area contributed by atoms with E-state index in [9.17, 15) is 14.0 Å². The molecule has 0 saturated heterocycles. The van der Waals surface area contributed by atoms with Gasteiger partial charge in [-0.3, -0.25) is 24.0 Å². The van der Waals surface area contributed by atoms with Crippen molar-refractivity contribution in [2.75, 3.05) is 24.5 Å². The standard InChI is InChI=1S/C26H28ClF2N3O3S/c1-16(26(2,3)4)35-24(30-5)19-12-21-22(13-20(19)29)36-15-32(23(33)10-11-28)25(34)31(21)14-17-6-8-18(27)9-7-17/h6-9,12-13H,1,10-11,14-15H2,2-5H3. The second-order valence-electron chi connectivity index (χ2n) is 9.13. The van der Waals surface area contributed by atoms with E-state index in [0.717, 1.165) is 22.2 Å². The third kappa shape index (κ3) is 6.25. The maximum absolute atomic E-state index is 15.3. The average molecular weight is 536 g/mol. The molecule has 192 valence electrons. The molecule has 0 aliphatic carbocycles. The number of alkyl halides is 1. The highest BCUT2D eigenvalue weighted by Crippen LogP contribution is 2.38. The van der Waals surface area contributed by atoms with Crippen LogP contribution in [0, 0.1) is 11.2 Å². The average Bonchev–Trinajstić information content (AvgIpc) is 2.94. The van der Waals surface area contributed by atoms with Crippen molar-refractivity contribution in [2.45, 2.75) is 38.6 Å². The van der Waals surface area contributed by atoms with Gasteiger partial charge in [0.15, 0.2) is 0 Å². The summed E-state index contributed by atoms with van der Waals surface area (Å²) in [6.45, 7) is 8.83. The molecule has 0 bridgehead atoms. The molecule has 1 heterocycles. The number of hydrogen-bond acceptors (Lipinski definition) is 5. The number of allylic oxidation sites excluding steroid dienone is 1. The molecule has 1 aliphatic heterocycles. The molecule has 0 radical (unpaired) electrons. The number of fused-ring (bicyclic) bond motifs is 1. The Morgan fingerprint density at radius 1 is 1.25 bits per heavy atom. The van der Waals surface area contributed by atoms with E-state index in [0.29, 0.717) is 21.4 Å². The zero-order valence-corrected chi connectivity index (χ0v) is 22.2. The number of urea groups is 1. The molecule has 10 heteroatoms. The molecule has 0 aromatic heterocycles. The highest BCUT2D eigenvalue weighted by atomic mass is 35.5. The molecule has 0 fully saturated rings. The first-order valence-corrected chi connectivity index (χ1v) is 12.6. The molecule has 36 heavy (non-hydrogen) atoms. The predicted octanol–water partition coefficient (Wildman–Crippen LogP) is 6.81. The molecular weight excluding hydrogens is 508 g/mol. The number of rotatable bonds is 6. The van der Waals surface area contributed by atoms with E-state index >= 15 is 4.39 Å². The van der Waals surface area contributed by atoms with E-state index in [2.05, 4.69) is 11.6 Å². The quantitative estimate of drug-likeness (QED) is 0.231. The Bertz CT molecular complexity index is 1200. The number of amides is 3. The van der Waals surface area contributed by atoms with Crippen molar-refractivity contribution in [2.24, 2.45) is 10.4 Å². The lowest BCUT2D eigenvalue weighted by Gasteiger charge is -2.27. The molecule has 1 aliphatic rings. The van der Waals surface area contributed by atoms with Crippen LogP contribution >= 0.6 is 23.4 Å². The molecule has 2 aromatic carbocycles. The van der Waals surface area contributed by atoms with Crippen molar-refractivity contribution < 1.29 is 23.1 Å². The second-order valence-corrected chi connectivity index (χ2v) is 10.6. The van der Waals surface area contributed by atoms with Gasteiger partial charge in [-0.15, -0.1) is 11.8 Å². The third-order valence-corrected chi connectivity index (χ3v) is 6.78. The Kier molecular flexibility index (Phi) is 8.79. The number of halogens is 3. The minimum absolute atomic E-state index is 0.00808. The van der Waals surface area contributed by atoms with Crippen LogP contribution in [-0.4, -0.2) is 42.3 Å². The van der Waals surface area contributed by atoms with Crippen LogP contribution in [0.4, 0.5) is 19.3 Å². The maximum atomic E-state index is 15.3. The first-order chi connectivity index (χ1) is 17.0. The number of anilines is 1. The Labute approximate surface area is 219 Å². The molecule has 0 saturated carbocycles. The molecule has 0 spiro atoms. The summed E-state index contributed by atoms with van der Waals surface area (Å²) in [7, 11) is 1.47. The zero-order chi connectivity index (χ0) is 26.6. The lowest BCUT2D eigenvalue weighted by molar-refractivity contribution is -0.127. The summed E-state index contributed by atoms with van der Waals surface area (Å²) in [5, 5.41) is 0.529. The van der Waals surface area contributed by atoms with Crippen LogP contribution in [0.3, 0.4) is 0 Å². The SMILES string of the molecule is C=C(OC(=NC)c1cc2c(cc1F)SCN(C(=O)CCF)C(=O)N2Cc1ccc(Cl)cc1)C(C)(C)C. The van der Waals surface area contributed by atoms with E-state index in [-0.39, 0.29) is 23.9 Å². The van der Waals surface area contributed by atoms with Crippen molar-refractivity contribution >= 4 is 46.9 Å². The Hall–Kier alpha value is -2.91. The van der Waals surface area contributed by atoms with Crippen molar-refractivity contribution in [1.82, 2.24) is 4.90 Å². The van der Waals surface area contributed by atoms with Gasteiger partial charge in [0, 0.05) is 22.4 Å². The van der Waals surface area contributed by atoms with E-state index in [1.165, 1.54) is 24.1 Å². The van der Waals surface area contributed by atoms with Gasteiger partial charge in [-0.25, -0.2) is 9.18 Å². The van der Waals surface area contributed by atoms with E-state index < -0.39 is 36.3 Å². The zero-order valence-electron chi connectivity index (χ0n) is 20.6. The number of ether oxygens (including phenoxy) is 1. The highest BCUT2D eigenvalue weighted by molar-refractivity contribution is 7.99. The molecule has 0 N–H and O–H groups in total. The van der Waals surface area contributed by atoms with Crippen LogP contribution in [-0.2, 0) is 16.1 Å². The minimum Gasteiger partial charge on any atom is -0.443 e. The number of aliphatic imine (C=N–C) groups is 1. The van der Waals surface area contributed by atoms with Crippen molar-refractivity contribution in [3.8, 4) is 0 Å². The Morgan fingerprint density at radius 3 is 2.50 bits per heavy atom. The van der Waals surface area contributed by atoms with Crippen molar-refractivity contribution in [3.63, 3.8) is 0 Å². The molecule has 3 amide bonds. The normalized spacial score (nSPS) is 14.4. The summed E-state index contributed by atoms with van der Waals surface area (Å²) >= 11 is 7.12. The van der Waals surface area contributed by atoms with Gasteiger partial charge in [-0.1, -0.05) is 51.1 Å². The number of nitrogens with zero attached hydrogens (tertiary/aromatic N) is 3. The highest BCUT2D eigenvalue weighted by Gasteiger charge is 2.34. The number of carbonyl (C=O) groups is 2. The van der Waals surface area contributed by atoms with Crippen LogP contribution < -0.4 is 4.90 Å². The lowest BCUT2D eigenvalue weighted by Crippen LogP contribution is -2.45. The van der Waals surface area contributed by atoms with Crippen LogP contribution in [0.1, 0.15) is 38.3 Å². The fourth-order valence-corrected chi connectivity index (χ4v) is 4.44. The number of benzene rings is 2. The molecule has 0 unspecified atom stereocenters. The van der Waals surface area contributed by atoms with Crippen LogP contribution in [0.15, 0.2) is 58.6 Å². The fraction of sp³-hybridized carbons (Fsp3) is 0.346. The summed E-state index contributed by atoms with van der Waals surface area (Å²) in [6.07, 6.45) is -0.424. The smallest absolute Gasteiger partial charge is 0.332 e. The first kappa shape index (κ1) is 27.7. The third-order valence-electron chi connectivity index (χ3n) is 5.50. The minimum atomic E-state index is -0.887. The summed E-state index contributed by atoms with van der Waals surface area (Å²) in [5.41, 5.74) is 0.732. The molecule has 6 nitrogen and oxygen atoms in total. The summed E-state index contributed by atoms with van der Waals surface area (Å²) in [5.74, 6) is -0.930. The summed E-state index contributed by atoms with van der Waals surface area (Å²) in [4.78, 5) is 33.0. The van der Waals surface area contributed by atoms with Gasteiger partial charge in [0.2, 0.25) is 11.8 Å². The van der Waals surface area contributed by atoms with Gasteiger partial charge >= 0.3 is 6.03 Å². The number of carbonyl (C=O) groups excluding carboxylic acids is 2. The van der Waals surface area contributed by atoms with Gasteiger partial charge in [-0.05, 0) is 29.8 Å². The van der Waals surface area contributed by atoms with Gasteiger partial charge in [-0.2, -0.15) is 0 Å². The van der Waals surface area contributed by atoms with E-state index in [4.69, 9.17) is 16.3 Å². The van der Waals surface area contributed by atoms with E-state index in [1.54, 1.807) is 24.3 Å². The summed E-state index contributed by atoms with van der Waals surface area (Å²) < 4.78 is 34.1. The number of imide groups is 1. The van der Waals surface area contributed by atoms with Gasteiger partial charge < -0.3 is 4.74 Å². The van der Waals surface area contributed by atoms with Crippen molar-refractivity contribution in [1.29, 1.82) is 0 Å². The Balaban J connectivity index is 2.10. The number of hydrogen-bond donors (Lipinski definition) is 0. The number of thioether (sulfide) groups is 1. The summed E-state index contributed by atoms with van der Waals surface area (Å²) in [6, 6.07) is 9.00. The molecule has 3 rings (SSSR count). The largest absolute Gasteiger partial charge is 0.443 e. The Morgan fingerprint density at radius 2 is 1.92 bits per heavy atom. The molecule has 0 atom stereocenters. The van der Waals surface area contributed by atoms with Crippen LogP contribution in [0.5, 0.6) is 0 Å². The van der Waals surface area contributed by atoms with Gasteiger partial charge in [0.25, 0.3) is 0 Å². The fourth-order valence-electron chi connectivity index (χ4n) is 3.28. The van der Waals surface area contributed by atoms with E-state index in [1.807, 2.05) is 20.8 Å². The maximum Gasteiger partial charge on any atom is 0.332 e. The molecule has 2 aromatic rings. The van der Waals surface area contributed by atoms with Crippen LogP contribution in [0.2, 0.25) is 5.02 Å². The monoisotopic (exact) mass is 535 g/mol. The lowest BCUT2D eigenvalue weighted by atomic mass is 9.95. The predicted molar refractivity (Wildman–Crippen MR) is 140 cm³/mol. The first-order valence-electron chi connectivity index (χ1n) is 11.2. The van der Waals surface area contributed by atoms with Gasteiger partial charge in [0.1, 0.15) is 11.6 Å². The second kappa shape index (κ2) is 11.4. The van der Waals surface area contributed by atoms with Crippen molar-refractivity contribution in [3.05, 3.63) is 70.7 Å². The molecular formula is C26H28ClF2N3O3S.